The van der Waals surface area contributed by atoms with E-state index in [2.05, 4.69) is 15.4 Å². The highest BCUT2D eigenvalue weighted by molar-refractivity contribution is 7.92. The number of hydrogen-bond acceptors (Lipinski definition) is 6. The molecule has 0 saturated carbocycles. The number of carbonyl (C=O) groups is 2. The van der Waals surface area contributed by atoms with E-state index in [0.717, 1.165) is 30.6 Å². The summed E-state index contributed by atoms with van der Waals surface area (Å²) in [5.74, 6) is -0.912. The van der Waals surface area contributed by atoms with E-state index in [1.807, 2.05) is 31.4 Å². The lowest BCUT2D eigenvalue weighted by atomic mass is 10.1. The number of sulfonamides is 1. The van der Waals surface area contributed by atoms with Crippen molar-refractivity contribution in [3.8, 4) is 0 Å². The van der Waals surface area contributed by atoms with E-state index >= 15 is 0 Å². The molecule has 1 N–H and O–H groups in total. The molecule has 0 radical (unpaired) electrons. The van der Waals surface area contributed by atoms with Gasteiger partial charge in [0.25, 0.3) is 0 Å². The SMILES string of the molecule is Cc1cc(C(=O)COC(=O)c2ccc(NS(C)(=O)=O)cc2)c(C)n1CCc1cccs1. The van der Waals surface area contributed by atoms with Gasteiger partial charge in [-0.2, -0.15) is 0 Å². The summed E-state index contributed by atoms with van der Waals surface area (Å²) in [7, 11) is -3.40. The number of aromatic nitrogens is 1. The molecule has 0 amide bonds. The zero-order valence-corrected chi connectivity index (χ0v) is 19.2. The lowest BCUT2D eigenvalue weighted by Gasteiger charge is -2.09. The molecular formula is C22H24N2O5S2. The van der Waals surface area contributed by atoms with Crippen LogP contribution < -0.4 is 4.72 Å². The molecule has 9 heteroatoms. The number of thiophene rings is 1. The molecule has 0 unspecified atom stereocenters. The van der Waals surface area contributed by atoms with Gasteiger partial charge in [-0.3, -0.25) is 9.52 Å². The van der Waals surface area contributed by atoms with Crippen molar-refractivity contribution in [2.75, 3.05) is 17.6 Å². The maximum Gasteiger partial charge on any atom is 0.338 e. The number of anilines is 1. The zero-order chi connectivity index (χ0) is 22.6. The Morgan fingerprint density at radius 3 is 2.45 bits per heavy atom. The molecule has 0 spiro atoms. The van der Waals surface area contributed by atoms with E-state index in [1.54, 1.807) is 11.3 Å². The number of aryl methyl sites for hydroxylation is 2. The summed E-state index contributed by atoms with van der Waals surface area (Å²) in [6.45, 7) is 4.26. The zero-order valence-electron chi connectivity index (χ0n) is 17.5. The monoisotopic (exact) mass is 460 g/mol. The third-order valence-electron chi connectivity index (χ3n) is 4.79. The second-order valence-electron chi connectivity index (χ2n) is 7.22. The predicted octanol–water partition coefficient (Wildman–Crippen LogP) is 3.82. The molecule has 3 rings (SSSR count). The molecule has 0 atom stereocenters. The molecule has 0 aliphatic carbocycles. The maximum absolute atomic E-state index is 12.6. The van der Waals surface area contributed by atoms with Crippen LogP contribution in [-0.2, 0) is 27.7 Å². The molecule has 0 aliphatic heterocycles. The van der Waals surface area contributed by atoms with Crippen LogP contribution in [0, 0.1) is 13.8 Å². The molecule has 0 fully saturated rings. The van der Waals surface area contributed by atoms with E-state index in [-0.39, 0.29) is 18.0 Å². The number of esters is 1. The van der Waals surface area contributed by atoms with Gasteiger partial charge in [0.15, 0.2) is 6.61 Å². The standard InChI is InChI=1S/C22H24N2O5S2/c1-15-13-20(16(2)24(15)11-10-19-5-4-12-30-19)21(25)14-29-22(26)17-6-8-18(9-7-17)23-31(3,27)28/h4-9,12-13,23H,10-11,14H2,1-3H3. The number of ether oxygens (including phenoxy) is 1. The topological polar surface area (TPSA) is 94.5 Å². The van der Waals surface area contributed by atoms with E-state index in [4.69, 9.17) is 4.74 Å². The molecule has 0 bridgehead atoms. The summed E-state index contributed by atoms with van der Waals surface area (Å²) in [5, 5.41) is 2.05. The van der Waals surface area contributed by atoms with E-state index in [1.165, 1.54) is 29.1 Å². The van der Waals surface area contributed by atoms with E-state index < -0.39 is 16.0 Å². The van der Waals surface area contributed by atoms with Crippen LogP contribution in [0.15, 0.2) is 47.8 Å². The molecule has 0 aliphatic rings. The fourth-order valence-electron chi connectivity index (χ4n) is 3.28. The number of ketones is 1. The van der Waals surface area contributed by atoms with Gasteiger partial charge in [0.05, 0.1) is 11.8 Å². The van der Waals surface area contributed by atoms with Crippen molar-refractivity contribution < 1.29 is 22.7 Å². The number of carbonyl (C=O) groups excluding carboxylic acids is 2. The number of nitrogens with zero attached hydrogens (tertiary/aromatic N) is 1. The Morgan fingerprint density at radius 2 is 1.84 bits per heavy atom. The van der Waals surface area contributed by atoms with Gasteiger partial charge < -0.3 is 9.30 Å². The van der Waals surface area contributed by atoms with Crippen molar-refractivity contribution in [2.24, 2.45) is 0 Å². The number of benzene rings is 1. The Hall–Kier alpha value is -2.91. The molecule has 7 nitrogen and oxygen atoms in total. The average molecular weight is 461 g/mol. The number of Topliss-reactive ketones (excluding diaryl/α,β-unsaturated/α-hetero) is 1. The minimum absolute atomic E-state index is 0.230. The lowest BCUT2D eigenvalue weighted by Crippen LogP contribution is -2.15. The summed E-state index contributed by atoms with van der Waals surface area (Å²) in [6.07, 6.45) is 1.93. The first kappa shape index (κ1) is 22.8. The van der Waals surface area contributed by atoms with Crippen molar-refractivity contribution in [1.29, 1.82) is 0 Å². The quantitative estimate of drug-likeness (QED) is 0.387. The smallest absolute Gasteiger partial charge is 0.338 e. The van der Waals surface area contributed by atoms with Gasteiger partial charge >= 0.3 is 5.97 Å². The molecule has 2 heterocycles. The minimum atomic E-state index is -3.40. The molecular weight excluding hydrogens is 436 g/mol. The molecule has 0 saturated heterocycles. The van der Waals surface area contributed by atoms with Crippen LogP contribution in [0.4, 0.5) is 5.69 Å². The summed E-state index contributed by atoms with van der Waals surface area (Å²) >= 11 is 1.71. The maximum atomic E-state index is 12.6. The predicted molar refractivity (Wildman–Crippen MR) is 121 cm³/mol. The second kappa shape index (κ2) is 9.49. The van der Waals surface area contributed by atoms with Crippen molar-refractivity contribution >= 4 is 38.8 Å². The van der Waals surface area contributed by atoms with Crippen LogP contribution in [0.3, 0.4) is 0 Å². The van der Waals surface area contributed by atoms with Crippen LogP contribution in [0.25, 0.3) is 0 Å². The fraction of sp³-hybridized carbons (Fsp3) is 0.273. The molecule has 31 heavy (non-hydrogen) atoms. The summed E-state index contributed by atoms with van der Waals surface area (Å²) in [6, 6.07) is 11.7. The Kier molecular flexibility index (Phi) is 6.97. The first-order chi connectivity index (χ1) is 14.6. The largest absolute Gasteiger partial charge is 0.454 e. The van der Waals surface area contributed by atoms with Crippen LogP contribution in [-0.4, -0.2) is 37.6 Å². The first-order valence-corrected chi connectivity index (χ1v) is 12.4. The van der Waals surface area contributed by atoms with Crippen molar-refractivity contribution in [3.63, 3.8) is 0 Å². The third kappa shape index (κ3) is 6.05. The Balaban J connectivity index is 1.60. The fourth-order valence-corrected chi connectivity index (χ4v) is 4.55. The van der Waals surface area contributed by atoms with E-state index in [0.29, 0.717) is 11.3 Å². The van der Waals surface area contributed by atoms with Crippen LogP contribution in [0.2, 0.25) is 0 Å². The number of hydrogen-bond donors (Lipinski definition) is 1. The Morgan fingerprint density at radius 1 is 1.13 bits per heavy atom. The van der Waals surface area contributed by atoms with Crippen molar-refractivity contribution in [3.05, 3.63) is 75.2 Å². The van der Waals surface area contributed by atoms with Gasteiger partial charge in [0.1, 0.15) is 0 Å². The molecule has 164 valence electrons. The van der Waals surface area contributed by atoms with Crippen molar-refractivity contribution in [1.82, 2.24) is 4.57 Å². The molecule has 3 aromatic rings. The molecule has 1 aromatic carbocycles. The normalized spacial score (nSPS) is 11.3. The van der Waals surface area contributed by atoms with Gasteiger partial charge in [0.2, 0.25) is 15.8 Å². The highest BCUT2D eigenvalue weighted by Crippen LogP contribution is 2.19. The number of nitrogens with one attached hydrogen (secondary N) is 1. The van der Waals surface area contributed by atoms with Crippen molar-refractivity contribution in [2.45, 2.75) is 26.8 Å². The minimum Gasteiger partial charge on any atom is -0.454 e. The van der Waals surface area contributed by atoms with Gasteiger partial charge in [-0.15, -0.1) is 11.3 Å². The highest BCUT2D eigenvalue weighted by Gasteiger charge is 2.18. The van der Waals surface area contributed by atoms with Gasteiger partial charge in [-0.05, 0) is 62.0 Å². The van der Waals surface area contributed by atoms with Gasteiger partial charge in [-0.1, -0.05) is 6.07 Å². The first-order valence-electron chi connectivity index (χ1n) is 9.61. The van der Waals surface area contributed by atoms with Crippen LogP contribution >= 0.6 is 11.3 Å². The lowest BCUT2D eigenvalue weighted by molar-refractivity contribution is 0.0474. The summed E-state index contributed by atoms with van der Waals surface area (Å²) < 4.78 is 32.1. The Labute approximate surface area is 185 Å². The second-order valence-corrected chi connectivity index (χ2v) is 10.00. The molecule has 2 aromatic heterocycles. The van der Waals surface area contributed by atoms with Crippen LogP contribution in [0.1, 0.15) is 37.0 Å². The van der Waals surface area contributed by atoms with Crippen LogP contribution in [0.5, 0.6) is 0 Å². The van der Waals surface area contributed by atoms with Gasteiger partial charge in [0, 0.05) is 34.1 Å². The Bertz CT molecular complexity index is 1180. The van der Waals surface area contributed by atoms with Gasteiger partial charge in [-0.25, -0.2) is 13.2 Å². The third-order valence-corrected chi connectivity index (χ3v) is 6.34. The summed E-state index contributed by atoms with van der Waals surface area (Å²) in [4.78, 5) is 26.2. The van der Waals surface area contributed by atoms with E-state index in [9.17, 15) is 18.0 Å². The highest BCUT2D eigenvalue weighted by atomic mass is 32.2. The summed E-state index contributed by atoms with van der Waals surface area (Å²) in [5.41, 5.74) is 2.95. The average Bonchev–Trinajstić information content (AvgIpc) is 3.32. The number of rotatable bonds is 9.